The Labute approximate surface area is 113 Å². The summed E-state index contributed by atoms with van der Waals surface area (Å²) in [7, 11) is 0. The number of hydrogen-bond donors (Lipinski definition) is 0. The van der Waals surface area contributed by atoms with E-state index in [1.54, 1.807) is 0 Å². The lowest BCUT2D eigenvalue weighted by Crippen LogP contribution is -2.28. The lowest BCUT2D eigenvalue weighted by Gasteiger charge is -2.27. The van der Waals surface area contributed by atoms with Crippen molar-refractivity contribution in [3.8, 4) is 0 Å². The summed E-state index contributed by atoms with van der Waals surface area (Å²) in [5.74, 6) is 0.785. The van der Waals surface area contributed by atoms with Crippen LogP contribution >= 0.6 is 15.9 Å². The molecule has 0 heterocycles. The molecule has 0 aromatic heterocycles. The standard InChI is InChI=1S/C15H22BrN/c1-12(2)9-10-17(14-7-8-14)15-6-4-3-5-13(15)11-16/h3-6,12,14H,7-11H2,1-2H3. The van der Waals surface area contributed by atoms with Crippen molar-refractivity contribution in [3.63, 3.8) is 0 Å². The van der Waals surface area contributed by atoms with Gasteiger partial charge in [-0.3, -0.25) is 0 Å². The van der Waals surface area contributed by atoms with Crippen LogP contribution in [-0.4, -0.2) is 12.6 Å². The SMILES string of the molecule is CC(C)CCN(c1ccccc1CBr)C1CC1. The molecule has 0 aliphatic heterocycles. The maximum absolute atomic E-state index is 3.60. The van der Waals surface area contributed by atoms with Gasteiger partial charge in [-0.15, -0.1) is 0 Å². The zero-order valence-corrected chi connectivity index (χ0v) is 12.4. The number of para-hydroxylation sites is 1. The fourth-order valence-electron chi connectivity index (χ4n) is 2.19. The monoisotopic (exact) mass is 295 g/mol. The van der Waals surface area contributed by atoms with Gasteiger partial charge < -0.3 is 4.90 Å². The Kier molecular flexibility index (Phi) is 4.49. The van der Waals surface area contributed by atoms with Crippen LogP contribution in [0.3, 0.4) is 0 Å². The molecule has 1 aliphatic rings. The van der Waals surface area contributed by atoms with E-state index in [1.165, 1.54) is 37.1 Å². The third-order valence-electron chi connectivity index (χ3n) is 3.38. The highest BCUT2D eigenvalue weighted by Gasteiger charge is 2.29. The van der Waals surface area contributed by atoms with Gasteiger partial charge >= 0.3 is 0 Å². The molecule has 94 valence electrons. The summed E-state index contributed by atoms with van der Waals surface area (Å²) in [6.45, 7) is 5.81. The molecule has 0 saturated heterocycles. The smallest absolute Gasteiger partial charge is 0.0409 e. The number of alkyl halides is 1. The highest BCUT2D eigenvalue weighted by Crippen LogP contribution is 2.34. The van der Waals surface area contributed by atoms with Crippen LogP contribution in [-0.2, 0) is 5.33 Å². The second-order valence-corrected chi connectivity index (χ2v) is 5.93. The summed E-state index contributed by atoms with van der Waals surface area (Å²) in [6, 6.07) is 9.60. The molecule has 0 radical (unpaired) electrons. The van der Waals surface area contributed by atoms with Crippen molar-refractivity contribution < 1.29 is 0 Å². The third kappa shape index (κ3) is 3.48. The Morgan fingerprint density at radius 2 is 2.00 bits per heavy atom. The predicted molar refractivity (Wildman–Crippen MR) is 78.9 cm³/mol. The molecule has 0 bridgehead atoms. The molecule has 0 spiro atoms. The van der Waals surface area contributed by atoms with Crippen molar-refractivity contribution in [2.24, 2.45) is 5.92 Å². The van der Waals surface area contributed by atoms with Gasteiger partial charge in [0.15, 0.2) is 0 Å². The van der Waals surface area contributed by atoms with Crippen molar-refractivity contribution in [1.29, 1.82) is 0 Å². The van der Waals surface area contributed by atoms with Crippen LogP contribution < -0.4 is 4.90 Å². The lowest BCUT2D eigenvalue weighted by atomic mass is 10.1. The molecule has 17 heavy (non-hydrogen) atoms. The van der Waals surface area contributed by atoms with Crippen LogP contribution in [0.25, 0.3) is 0 Å². The fraction of sp³-hybridized carbons (Fsp3) is 0.600. The predicted octanol–water partition coefficient (Wildman–Crippen LogP) is 4.60. The van der Waals surface area contributed by atoms with Gasteiger partial charge in [0.05, 0.1) is 0 Å². The minimum absolute atomic E-state index is 0.785. The first-order valence-corrected chi connectivity index (χ1v) is 7.75. The lowest BCUT2D eigenvalue weighted by molar-refractivity contribution is 0.570. The highest BCUT2D eigenvalue weighted by molar-refractivity contribution is 9.08. The number of benzene rings is 1. The van der Waals surface area contributed by atoms with Gasteiger partial charge in [0, 0.05) is 23.6 Å². The second-order valence-electron chi connectivity index (χ2n) is 5.37. The first kappa shape index (κ1) is 12.9. The first-order valence-electron chi connectivity index (χ1n) is 6.63. The fourth-order valence-corrected chi connectivity index (χ4v) is 2.66. The van der Waals surface area contributed by atoms with Crippen molar-refractivity contribution in [2.45, 2.75) is 44.5 Å². The van der Waals surface area contributed by atoms with Gasteiger partial charge in [0.1, 0.15) is 0 Å². The molecule has 2 heteroatoms. The van der Waals surface area contributed by atoms with E-state index in [2.05, 4.69) is 58.9 Å². The number of halogens is 1. The first-order chi connectivity index (χ1) is 8.22. The highest BCUT2D eigenvalue weighted by atomic mass is 79.9. The molecule has 1 nitrogen and oxygen atoms in total. The largest absolute Gasteiger partial charge is 0.368 e. The zero-order chi connectivity index (χ0) is 12.3. The van der Waals surface area contributed by atoms with Gasteiger partial charge in [-0.25, -0.2) is 0 Å². The third-order valence-corrected chi connectivity index (χ3v) is 3.98. The van der Waals surface area contributed by atoms with Gasteiger partial charge in [-0.1, -0.05) is 48.0 Å². The van der Waals surface area contributed by atoms with Crippen LogP contribution in [0.1, 0.15) is 38.7 Å². The molecule has 1 aromatic carbocycles. The van der Waals surface area contributed by atoms with Crippen LogP contribution in [0.5, 0.6) is 0 Å². The Balaban J connectivity index is 2.14. The van der Waals surface area contributed by atoms with Crippen LogP contribution in [0.15, 0.2) is 24.3 Å². The van der Waals surface area contributed by atoms with Gasteiger partial charge in [-0.2, -0.15) is 0 Å². The Morgan fingerprint density at radius 3 is 2.59 bits per heavy atom. The Morgan fingerprint density at radius 1 is 1.29 bits per heavy atom. The second kappa shape index (κ2) is 5.90. The minimum atomic E-state index is 0.785. The average Bonchev–Trinajstić information content (AvgIpc) is 3.14. The van der Waals surface area contributed by atoms with Crippen LogP contribution in [0, 0.1) is 5.92 Å². The number of hydrogen-bond acceptors (Lipinski definition) is 1. The molecule has 2 rings (SSSR count). The van der Waals surface area contributed by atoms with Crippen molar-refractivity contribution >= 4 is 21.6 Å². The molecule has 0 amide bonds. The molecule has 1 fully saturated rings. The normalized spacial score (nSPS) is 15.3. The minimum Gasteiger partial charge on any atom is -0.368 e. The Bertz CT molecular complexity index is 358. The van der Waals surface area contributed by atoms with E-state index in [1.807, 2.05) is 0 Å². The number of rotatable bonds is 6. The summed E-state index contributed by atoms with van der Waals surface area (Å²) in [4.78, 5) is 2.62. The van der Waals surface area contributed by atoms with Crippen LogP contribution in [0.2, 0.25) is 0 Å². The zero-order valence-electron chi connectivity index (χ0n) is 10.8. The topological polar surface area (TPSA) is 3.24 Å². The van der Waals surface area contributed by atoms with Gasteiger partial charge in [-0.05, 0) is 36.8 Å². The van der Waals surface area contributed by atoms with E-state index < -0.39 is 0 Å². The molecule has 1 saturated carbocycles. The van der Waals surface area contributed by atoms with Gasteiger partial charge in [0.25, 0.3) is 0 Å². The van der Waals surface area contributed by atoms with E-state index in [0.29, 0.717) is 0 Å². The van der Waals surface area contributed by atoms with Crippen LogP contribution in [0.4, 0.5) is 5.69 Å². The summed E-state index contributed by atoms with van der Waals surface area (Å²) < 4.78 is 0. The van der Waals surface area contributed by atoms with E-state index in [9.17, 15) is 0 Å². The molecule has 0 unspecified atom stereocenters. The molecular formula is C15H22BrN. The quantitative estimate of drug-likeness (QED) is 0.694. The molecule has 1 aromatic rings. The van der Waals surface area contributed by atoms with E-state index >= 15 is 0 Å². The summed E-state index contributed by atoms with van der Waals surface area (Å²) >= 11 is 3.60. The summed E-state index contributed by atoms with van der Waals surface area (Å²) in [5, 5.41) is 0.952. The molecule has 0 N–H and O–H groups in total. The molecule has 1 aliphatic carbocycles. The van der Waals surface area contributed by atoms with E-state index in [-0.39, 0.29) is 0 Å². The maximum Gasteiger partial charge on any atom is 0.0409 e. The molecule has 0 atom stereocenters. The summed E-state index contributed by atoms with van der Waals surface area (Å²) in [5.41, 5.74) is 2.86. The number of anilines is 1. The number of nitrogens with zero attached hydrogens (tertiary/aromatic N) is 1. The van der Waals surface area contributed by atoms with Crippen molar-refractivity contribution in [2.75, 3.05) is 11.4 Å². The van der Waals surface area contributed by atoms with Crippen molar-refractivity contribution in [3.05, 3.63) is 29.8 Å². The molecular weight excluding hydrogens is 274 g/mol. The Hall–Kier alpha value is -0.500. The van der Waals surface area contributed by atoms with Gasteiger partial charge in [0.2, 0.25) is 0 Å². The van der Waals surface area contributed by atoms with E-state index in [4.69, 9.17) is 0 Å². The van der Waals surface area contributed by atoms with E-state index in [0.717, 1.165) is 17.3 Å². The maximum atomic E-state index is 3.60. The van der Waals surface area contributed by atoms with Crippen molar-refractivity contribution in [1.82, 2.24) is 0 Å². The summed E-state index contributed by atoms with van der Waals surface area (Å²) in [6.07, 6.45) is 4.02. The average molecular weight is 296 g/mol.